The molecule has 1 N–H and O–H groups in total. The maximum absolute atomic E-state index is 13.7. The van der Waals surface area contributed by atoms with Crippen molar-refractivity contribution in [1.29, 1.82) is 0 Å². The van der Waals surface area contributed by atoms with Gasteiger partial charge in [0.25, 0.3) is 5.91 Å². The minimum Gasteiger partial charge on any atom is -0.493 e. The predicted octanol–water partition coefficient (Wildman–Crippen LogP) is 4.63. The second kappa shape index (κ2) is 10.9. The lowest BCUT2D eigenvalue weighted by molar-refractivity contribution is -0.159. The van der Waals surface area contributed by atoms with Crippen molar-refractivity contribution in [3.05, 3.63) is 59.7 Å². The Morgan fingerprint density at radius 2 is 1.78 bits per heavy atom. The number of carbonyl (C=O) groups is 2. The minimum atomic E-state index is -1.03. The van der Waals surface area contributed by atoms with Crippen molar-refractivity contribution < 1.29 is 28.9 Å². The van der Waals surface area contributed by atoms with Gasteiger partial charge >= 0.3 is 5.97 Å². The third kappa shape index (κ3) is 5.36. The molecule has 1 aliphatic heterocycles. The summed E-state index contributed by atoms with van der Waals surface area (Å²) in [5, 5.41) is 10.9. The molecule has 194 valence electrons. The largest absolute Gasteiger partial charge is 0.493 e. The first-order valence-electron chi connectivity index (χ1n) is 12.8. The number of benzene rings is 2. The molecule has 2 aromatic rings. The van der Waals surface area contributed by atoms with Crippen LogP contribution in [0.4, 0.5) is 0 Å². The second-order valence-electron chi connectivity index (χ2n) is 10.3. The average Bonchev–Trinajstić information content (AvgIpc) is 3.51. The zero-order valence-electron chi connectivity index (χ0n) is 21.6. The van der Waals surface area contributed by atoms with Crippen LogP contribution in [-0.4, -0.2) is 54.3 Å². The van der Waals surface area contributed by atoms with Gasteiger partial charge in [-0.3, -0.25) is 9.59 Å². The van der Waals surface area contributed by atoms with Crippen LogP contribution in [-0.2, 0) is 14.3 Å². The number of carbonyl (C=O) groups excluding carboxylic acids is 2. The SMILES string of the molecule is COc1ccc([C@@H]2CN(C(=O)C(OC(C)=O)c3ccccc3)C[C@@]2(C)[C@@H](C)O)cc1OC1CCCC1. The Balaban J connectivity index is 1.64. The number of nitrogens with zero attached hydrogens (tertiary/aromatic N) is 1. The molecule has 2 aromatic carbocycles. The number of hydrogen-bond donors (Lipinski definition) is 1. The van der Waals surface area contributed by atoms with Crippen LogP contribution >= 0.6 is 0 Å². The molecule has 0 bridgehead atoms. The highest BCUT2D eigenvalue weighted by molar-refractivity contribution is 5.85. The molecular formula is C29H37NO6. The summed E-state index contributed by atoms with van der Waals surface area (Å²) in [5.74, 6) is 0.417. The Bertz CT molecular complexity index is 1060. The summed E-state index contributed by atoms with van der Waals surface area (Å²) in [6, 6.07) is 14.9. The van der Waals surface area contributed by atoms with Gasteiger partial charge in [0.05, 0.1) is 19.3 Å². The van der Waals surface area contributed by atoms with Crippen LogP contribution in [0.2, 0.25) is 0 Å². The number of aliphatic hydroxyl groups is 1. The quantitative estimate of drug-likeness (QED) is 0.538. The maximum Gasteiger partial charge on any atom is 0.303 e. The summed E-state index contributed by atoms with van der Waals surface area (Å²) < 4.78 is 17.4. The maximum atomic E-state index is 13.7. The summed E-state index contributed by atoms with van der Waals surface area (Å²) in [4.78, 5) is 27.2. The van der Waals surface area contributed by atoms with Crippen molar-refractivity contribution >= 4 is 11.9 Å². The molecule has 0 aromatic heterocycles. The standard InChI is InChI=1S/C29H37NO6/c1-19(31)29(3)18-30(28(33)27(35-20(2)32)21-10-6-5-7-11-21)17-24(29)22-14-15-25(34-4)26(16-22)36-23-12-8-9-13-23/h5-7,10-11,14-16,19,23-24,27,31H,8-9,12-13,17-18H2,1-4H3/t19-,24+,27?,29+/m1/s1. The fourth-order valence-corrected chi connectivity index (χ4v) is 5.50. The van der Waals surface area contributed by atoms with E-state index in [1.54, 1.807) is 31.1 Å². The zero-order valence-corrected chi connectivity index (χ0v) is 21.6. The Kier molecular flexibility index (Phi) is 7.88. The molecule has 0 spiro atoms. The van der Waals surface area contributed by atoms with E-state index in [1.807, 2.05) is 43.3 Å². The van der Waals surface area contributed by atoms with Crippen LogP contribution in [0.25, 0.3) is 0 Å². The van der Waals surface area contributed by atoms with E-state index < -0.39 is 23.6 Å². The van der Waals surface area contributed by atoms with E-state index in [-0.39, 0.29) is 17.9 Å². The number of amides is 1. The van der Waals surface area contributed by atoms with E-state index in [9.17, 15) is 14.7 Å². The molecule has 7 heteroatoms. The van der Waals surface area contributed by atoms with E-state index in [4.69, 9.17) is 14.2 Å². The third-order valence-electron chi connectivity index (χ3n) is 7.79. The topological polar surface area (TPSA) is 85.3 Å². The Labute approximate surface area is 213 Å². The lowest BCUT2D eigenvalue weighted by Gasteiger charge is -2.34. The number of likely N-dealkylation sites (tertiary alicyclic amines) is 1. The zero-order chi connectivity index (χ0) is 25.9. The van der Waals surface area contributed by atoms with Gasteiger partial charge in [0.1, 0.15) is 0 Å². The number of aliphatic hydroxyl groups excluding tert-OH is 1. The molecule has 7 nitrogen and oxygen atoms in total. The van der Waals surface area contributed by atoms with Crippen molar-refractivity contribution in [2.24, 2.45) is 5.41 Å². The van der Waals surface area contributed by atoms with Crippen LogP contribution in [0.3, 0.4) is 0 Å². The molecule has 2 fully saturated rings. The summed E-state index contributed by atoms with van der Waals surface area (Å²) in [6.07, 6.45) is 2.86. The highest BCUT2D eigenvalue weighted by atomic mass is 16.5. The highest BCUT2D eigenvalue weighted by Gasteiger charge is 2.49. The van der Waals surface area contributed by atoms with Gasteiger partial charge in [0.2, 0.25) is 6.10 Å². The van der Waals surface area contributed by atoms with E-state index in [2.05, 4.69) is 0 Å². The molecule has 1 unspecified atom stereocenters. The van der Waals surface area contributed by atoms with Crippen LogP contribution in [0, 0.1) is 5.41 Å². The van der Waals surface area contributed by atoms with E-state index in [0.29, 0.717) is 30.2 Å². The van der Waals surface area contributed by atoms with Gasteiger partial charge in [0, 0.05) is 36.9 Å². The van der Waals surface area contributed by atoms with Gasteiger partial charge in [-0.25, -0.2) is 0 Å². The van der Waals surface area contributed by atoms with Gasteiger partial charge in [-0.05, 0) is 50.3 Å². The average molecular weight is 496 g/mol. The molecule has 4 rings (SSSR count). The molecule has 1 saturated heterocycles. The number of methoxy groups -OCH3 is 1. The number of hydrogen-bond acceptors (Lipinski definition) is 6. The van der Waals surface area contributed by atoms with Crippen molar-refractivity contribution in [1.82, 2.24) is 4.90 Å². The van der Waals surface area contributed by atoms with Gasteiger partial charge in [-0.2, -0.15) is 0 Å². The normalized spacial score (nSPS) is 23.8. The molecule has 2 aliphatic rings. The van der Waals surface area contributed by atoms with Crippen LogP contribution in [0.5, 0.6) is 11.5 Å². The summed E-state index contributed by atoms with van der Waals surface area (Å²) in [7, 11) is 1.63. The molecule has 1 heterocycles. The Morgan fingerprint density at radius 1 is 1.08 bits per heavy atom. The second-order valence-corrected chi connectivity index (χ2v) is 10.3. The molecule has 1 amide bonds. The van der Waals surface area contributed by atoms with Gasteiger partial charge in [-0.1, -0.05) is 43.3 Å². The molecule has 1 saturated carbocycles. The summed E-state index contributed by atoms with van der Waals surface area (Å²) in [5.41, 5.74) is 0.995. The first-order valence-corrected chi connectivity index (χ1v) is 12.8. The van der Waals surface area contributed by atoms with Crippen molar-refractivity contribution in [2.75, 3.05) is 20.2 Å². The van der Waals surface area contributed by atoms with E-state index in [0.717, 1.165) is 31.2 Å². The monoisotopic (exact) mass is 495 g/mol. The van der Waals surface area contributed by atoms with Crippen molar-refractivity contribution in [2.45, 2.75) is 70.7 Å². The third-order valence-corrected chi connectivity index (χ3v) is 7.79. The van der Waals surface area contributed by atoms with Crippen molar-refractivity contribution in [3.63, 3.8) is 0 Å². The van der Waals surface area contributed by atoms with Gasteiger partial charge in [0.15, 0.2) is 11.5 Å². The fraction of sp³-hybridized carbons (Fsp3) is 0.517. The van der Waals surface area contributed by atoms with E-state index >= 15 is 0 Å². The Hall–Kier alpha value is -3.06. The summed E-state index contributed by atoms with van der Waals surface area (Å²) in [6.45, 7) is 5.80. The molecule has 1 aliphatic carbocycles. The Morgan fingerprint density at radius 3 is 2.39 bits per heavy atom. The molecule has 4 atom stereocenters. The van der Waals surface area contributed by atoms with Crippen molar-refractivity contribution in [3.8, 4) is 11.5 Å². The molecular weight excluding hydrogens is 458 g/mol. The fourth-order valence-electron chi connectivity index (χ4n) is 5.50. The number of rotatable bonds is 8. The van der Waals surface area contributed by atoms with Crippen LogP contribution < -0.4 is 9.47 Å². The molecule has 36 heavy (non-hydrogen) atoms. The minimum absolute atomic E-state index is 0.146. The molecule has 0 radical (unpaired) electrons. The van der Waals surface area contributed by atoms with Gasteiger partial charge < -0.3 is 24.2 Å². The lowest BCUT2D eigenvalue weighted by Crippen LogP contribution is -2.39. The number of ether oxygens (including phenoxy) is 3. The van der Waals surface area contributed by atoms with E-state index in [1.165, 1.54) is 6.92 Å². The lowest BCUT2D eigenvalue weighted by atomic mass is 9.72. The summed E-state index contributed by atoms with van der Waals surface area (Å²) >= 11 is 0. The predicted molar refractivity (Wildman–Crippen MR) is 136 cm³/mol. The van der Waals surface area contributed by atoms with Crippen LogP contribution in [0.1, 0.15) is 69.6 Å². The smallest absolute Gasteiger partial charge is 0.303 e. The first kappa shape index (κ1) is 26.0. The van der Waals surface area contributed by atoms with Crippen LogP contribution in [0.15, 0.2) is 48.5 Å². The number of esters is 1. The highest BCUT2D eigenvalue weighted by Crippen LogP contribution is 2.47. The van der Waals surface area contributed by atoms with Gasteiger partial charge in [-0.15, -0.1) is 0 Å². The first-order chi connectivity index (χ1) is 17.2.